The van der Waals surface area contributed by atoms with Gasteiger partial charge in [0.15, 0.2) is 0 Å². The molecule has 0 fully saturated rings. The minimum absolute atomic E-state index is 0.155. The summed E-state index contributed by atoms with van der Waals surface area (Å²) >= 11 is 2.51. The van der Waals surface area contributed by atoms with Crippen molar-refractivity contribution in [2.45, 2.75) is 24.5 Å². The van der Waals surface area contributed by atoms with E-state index in [-0.39, 0.29) is 5.56 Å². The van der Waals surface area contributed by atoms with Gasteiger partial charge in [-0.05, 0) is 43.3 Å². The van der Waals surface area contributed by atoms with Crippen LogP contribution in [0.25, 0.3) is 11.1 Å². The maximum Gasteiger partial charge on any atom is 0.416 e. The van der Waals surface area contributed by atoms with E-state index in [4.69, 9.17) is 0 Å². The van der Waals surface area contributed by atoms with E-state index in [1.165, 1.54) is 29.2 Å². The number of hydrogen-bond donors (Lipinski definition) is 0. The molecule has 3 aromatic rings. The summed E-state index contributed by atoms with van der Waals surface area (Å²) in [7, 11) is 1.76. The number of halogens is 3. The predicted molar refractivity (Wildman–Crippen MR) is 110 cm³/mol. The van der Waals surface area contributed by atoms with Crippen molar-refractivity contribution in [1.82, 2.24) is 9.55 Å². The average Bonchev–Trinajstić information content (AvgIpc) is 3.18. The third-order valence-corrected chi connectivity index (χ3v) is 7.01. The van der Waals surface area contributed by atoms with Gasteiger partial charge in [0.1, 0.15) is 14.2 Å². The summed E-state index contributed by atoms with van der Waals surface area (Å²) in [4.78, 5) is 19.6. The second kappa shape index (κ2) is 7.38. The van der Waals surface area contributed by atoms with Crippen LogP contribution in [0.2, 0.25) is 0 Å². The Hall–Kier alpha value is -2.52. The monoisotopic (exact) mass is 435 g/mol. The molecule has 0 N–H and O–H groups in total. The Morgan fingerprint density at radius 2 is 2.00 bits per heavy atom. The molecule has 0 spiro atoms. The van der Waals surface area contributed by atoms with Gasteiger partial charge in [-0.3, -0.25) is 14.3 Å². The number of thioether (sulfide) groups is 1. The number of hydrogen-bond acceptors (Lipinski definition) is 5. The van der Waals surface area contributed by atoms with Gasteiger partial charge in [0.25, 0.3) is 5.56 Å². The van der Waals surface area contributed by atoms with Crippen LogP contribution >= 0.6 is 23.1 Å². The lowest BCUT2D eigenvalue weighted by Crippen LogP contribution is -2.33. The summed E-state index contributed by atoms with van der Waals surface area (Å²) in [5.41, 5.74) is 0.541. The highest BCUT2D eigenvalue weighted by Crippen LogP contribution is 2.47. The van der Waals surface area contributed by atoms with E-state index in [2.05, 4.69) is 4.98 Å². The number of anilines is 1. The van der Waals surface area contributed by atoms with Gasteiger partial charge in [0, 0.05) is 24.7 Å². The van der Waals surface area contributed by atoms with E-state index in [1.807, 2.05) is 31.2 Å². The zero-order valence-electron chi connectivity index (χ0n) is 15.5. The van der Waals surface area contributed by atoms with Crippen molar-refractivity contribution in [2.75, 3.05) is 11.9 Å². The second-order valence-corrected chi connectivity index (χ2v) is 8.43. The van der Waals surface area contributed by atoms with Gasteiger partial charge in [0.2, 0.25) is 0 Å². The summed E-state index contributed by atoms with van der Waals surface area (Å²) in [6.07, 6.45) is -0.882. The molecule has 0 saturated heterocycles. The third kappa shape index (κ3) is 3.60. The molecule has 0 atom stereocenters. The van der Waals surface area contributed by atoms with Crippen LogP contribution in [0.4, 0.5) is 18.9 Å². The summed E-state index contributed by atoms with van der Waals surface area (Å²) < 4.78 is 42.1. The first kappa shape index (κ1) is 19.8. The lowest BCUT2D eigenvalue weighted by atomic mass is 10.2. The van der Waals surface area contributed by atoms with E-state index in [9.17, 15) is 18.0 Å². The molecule has 1 aromatic carbocycles. The van der Waals surface area contributed by atoms with Crippen LogP contribution in [0.3, 0.4) is 0 Å². The van der Waals surface area contributed by atoms with Crippen molar-refractivity contribution >= 4 is 39.9 Å². The van der Waals surface area contributed by atoms with Gasteiger partial charge >= 0.3 is 6.18 Å². The first-order chi connectivity index (χ1) is 13.8. The Morgan fingerprint density at radius 1 is 1.21 bits per heavy atom. The van der Waals surface area contributed by atoms with Crippen molar-refractivity contribution in [1.29, 1.82) is 0 Å². The molecule has 4 rings (SSSR count). The molecule has 0 bridgehead atoms. The smallest absolute Gasteiger partial charge is 0.337 e. The van der Waals surface area contributed by atoms with Gasteiger partial charge in [0.05, 0.1) is 16.9 Å². The van der Waals surface area contributed by atoms with Crippen molar-refractivity contribution in [2.24, 2.45) is 0 Å². The highest BCUT2D eigenvalue weighted by atomic mass is 32.2. The number of aromatic nitrogens is 2. The molecule has 0 radical (unpaired) electrons. The van der Waals surface area contributed by atoms with Crippen LogP contribution in [0.15, 0.2) is 52.3 Å². The first-order valence-corrected chi connectivity index (χ1v) is 10.4. The highest BCUT2D eigenvalue weighted by Gasteiger charge is 2.33. The lowest BCUT2D eigenvalue weighted by molar-refractivity contribution is -0.137. The molecule has 4 nitrogen and oxygen atoms in total. The standard InChI is InChI=1S/C20H16F3N3OS2/c1-3-26-16(11-13-6-4-5-9-24-13)29-17(18(26)27)19-25(2)14-8-7-12(20(21,22)23)10-15(14)28-19/h4-11H,3H2,1-2H3. The van der Waals surface area contributed by atoms with E-state index >= 15 is 0 Å². The van der Waals surface area contributed by atoms with Crippen molar-refractivity contribution in [3.05, 3.63) is 73.4 Å². The molecule has 0 amide bonds. The average molecular weight is 435 g/mol. The highest BCUT2D eigenvalue weighted by molar-refractivity contribution is 8.08. The van der Waals surface area contributed by atoms with Crippen molar-refractivity contribution in [3.63, 3.8) is 0 Å². The molecular formula is C20H16F3N3OS2. The Kier molecular flexibility index (Phi) is 5.04. The van der Waals surface area contributed by atoms with Crippen LogP contribution in [-0.4, -0.2) is 16.6 Å². The minimum Gasteiger partial charge on any atom is -0.337 e. The fourth-order valence-corrected chi connectivity index (χ4v) is 5.59. The van der Waals surface area contributed by atoms with Crippen LogP contribution in [0.5, 0.6) is 0 Å². The number of alkyl halides is 3. The van der Waals surface area contributed by atoms with Gasteiger partial charge in [-0.15, -0.1) is 11.3 Å². The number of benzene rings is 1. The Balaban J connectivity index is 1.88. The normalized spacial score (nSPS) is 16.4. The Morgan fingerprint density at radius 3 is 2.66 bits per heavy atom. The van der Waals surface area contributed by atoms with Crippen molar-refractivity contribution < 1.29 is 13.2 Å². The second-order valence-electron chi connectivity index (χ2n) is 6.36. The maximum atomic E-state index is 13.1. The number of nitrogens with zero attached hydrogens (tertiary/aromatic N) is 3. The lowest BCUT2D eigenvalue weighted by Gasteiger charge is -2.13. The largest absolute Gasteiger partial charge is 0.416 e. The Labute approximate surface area is 172 Å². The Bertz CT molecular complexity index is 1250. The molecule has 2 aromatic heterocycles. The quantitative estimate of drug-likeness (QED) is 0.618. The van der Waals surface area contributed by atoms with Crippen molar-refractivity contribution in [3.8, 4) is 0 Å². The van der Waals surface area contributed by atoms with Crippen LogP contribution in [0.1, 0.15) is 18.2 Å². The zero-order chi connectivity index (χ0) is 20.8. The fourth-order valence-electron chi connectivity index (χ4n) is 3.09. The summed E-state index contributed by atoms with van der Waals surface area (Å²) in [5.74, 6) is 0. The van der Waals surface area contributed by atoms with E-state index in [0.29, 0.717) is 26.7 Å². The van der Waals surface area contributed by atoms with E-state index in [0.717, 1.165) is 22.5 Å². The molecule has 1 aliphatic rings. The predicted octanol–water partition coefficient (Wildman–Crippen LogP) is 3.48. The number of rotatable bonds is 2. The molecular weight excluding hydrogens is 419 g/mol. The topological polar surface area (TPSA) is 38.1 Å². The van der Waals surface area contributed by atoms with Crippen LogP contribution in [-0.2, 0) is 12.7 Å². The molecule has 3 heterocycles. The molecule has 150 valence electrons. The van der Waals surface area contributed by atoms with Gasteiger partial charge in [-0.2, -0.15) is 13.2 Å². The van der Waals surface area contributed by atoms with E-state index in [1.54, 1.807) is 22.7 Å². The zero-order valence-corrected chi connectivity index (χ0v) is 17.2. The SMILES string of the molecule is CCn1c(=Cc2ccccn2)sc(=C2Sc3cc(C(F)(F)F)ccc3N2C)c1=O. The molecule has 9 heteroatoms. The summed E-state index contributed by atoms with van der Waals surface area (Å²) in [6.45, 7) is 2.37. The van der Waals surface area contributed by atoms with Gasteiger partial charge in [-0.1, -0.05) is 17.8 Å². The molecule has 1 aliphatic heterocycles. The number of pyridine rings is 1. The van der Waals surface area contributed by atoms with Gasteiger partial charge < -0.3 is 4.90 Å². The number of fused-ring (bicyclic) bond motifs is 1. The molecule has 0 aliphatic carbocycles. The maximum absolute atomic E-state index is 13.1. The fraction of sp³-hybridized carbons (Fsp3) is 0.200. The number of thiazole rings is 1. The van der Waals surface area contributed by atoms with E-state index < -0.39 is 11.7 Å². The minimum atomic E-state index is -4.40. The van der Waals surface area contributed by atoms with Crippen LogP contribution in [0, 0.1) is 0 Å². The molecule has 0 unspecified atom stereocenters. The summed E-state index contributed by atoms with van der Waals surface area (Å²) in [6, 6.07) is 9.18. The summed E-state index contributed by atoms with van der Waals surface area (Å²) in [5, 5.41) is 0.636. The first-order valence-electron chi connectivity index (χ1n) is 8.79. The van der Waals surface area contributed by atoms with Gasteiger partial charge in [-0.25, -0.2) is 0 Å². The van der Waals surface area contributed by atoms with Crippen LogP contribution < -0.4 is 19.7 Å². The molecule has 29 heavy (non-hydrogen) atoms. The third-order valence-electron chi connectivity index (χ3n) is 4.54. The molecule has 0 saturated carbocycles.